The van der Waals surface area contributed by atoms with Crippen LogP contribution in [0.4, 0.5) is 0 Å². The molecule has 11 N–H and O–H groups in total. The minimum absolute atomic E-state index is 0.259. The van der Waals surface area contributed by atoms with E-state index in [0.29, 0.717) is 0 Å². The lowest BCUT2D eigenvalue weighted by Gasteiger charge is -2.23. The van der Waals surface area contributed by atoms with Crippen molar-refractivity contribution in [1.29, 1.82) is 0 Å². The number of carboxylic acids is 1. The molecule has 0 saturated carbocycles. The van der Waals surface area contributed by atoms with Gasteiger partial charge < -0.3 is 43.4 Å². The fourth-order valence-electron chi connectivity index (χ4n) is 1.89. The second kappa shape index (κ2) is 12.2. The third-order valence-electron chi connectivity index (χ3n) is 3.30. The number of carbonyl (C=O) groups excluding carboxylic acids is 5. The van der Waals surface area contributed by atoms with Gasteiger partial charge in [0.25, 0.3) is 0 Å². The molecular formula is C14H24N6O8. The van der Waals surface area contributed by atoms with Crippen molar-refractivity contribution >= 4 is 35.5 Å². The van der Waals surface area contributed by atoms with E-state index in [1.54, 1.807) is 0 Å². The molecule has 28 heavy (non-hydrogen) atoms. The van der Waals surface area contributed by atoms with Gasteiger partial charge in [-0.2, -0.15) is 0 Å². The predicted molar refractivity (Wildman–Crippen MR) is 91.8 cm³/mol. The Morgan fingerprint density at radius 2 is 1.43 bits per heavy atom. The molecule has 14 nitrogen and oxygen atoms in total. The van der Waals surface area contributed by atoms with Crippen molar-refractivity contribution in [2.24, 2.45) is 17.2 Å². The molecule has 0 fully saturated rings. The van der Waals surface area contributed by atoms with E-state index < -0.39 is 73.2 Å². The summed E-state index contributed by atoms with van der Waals surface area (Å²) in [6.07, 6.45) is -1.21. The van der Waals surface area contributed by atoms with E-state index in [1.165, 1.54) is 0 Å². The normalized spacial score (nSPS) is 13.5. The molecule has 0 saturated heterocycles. The highest BCUT2D eigenvalue weighted by Crippen LogP contribution is 2.01. The molecule has 0 rings (SSSR count). The van der Waals surface area contributed by atoms with Gasteiger partial charge in [-0.15, -0.1) is 0 Å². The first-order chi connectivity index (χ1) is 13.0. The zero-order chi connectivity index (χ0) is 21.9. The van der Waals surface area contributed by atoms with Gasteiger partial charge in [-0.05, 0) is 6.42 Å². The van der Waals surface area contributed by atoms with Gasteiger partial charge in [0.15, 0.2) is 0 Å². The number of hydrogen-bond donors (Lipinski definition) is 8. The molecule has 0 heterocycles. The smallest absolute Gasteiger partial charge is 0.322 e. The van der Waals surface area contributed by atoms with Crippen molar-refractivity contribution in [1.82, 2.24) is 16.0 Å². The van der Waals surface area contributed by atoms with Crippen LogP contribution < -0.4 is 33.2 Å². The van der Waals surface area contributed by atoms with Crippen LogP contribution in [0.3, 0.4) is 0 Å². The molecule has 0 aromatic heterocycles. The number of aliphatic hydroxyl groups excluding tert-OH is 1. The Morgan fingerprint density at radius 3 is 1.89 bits per heavy atom. The number of aliphatic carboxylic acids is 1. The van der Waals surface area contributed by atoms with Crippen LogP contribution in [0.1, 0.15) is 19.3 Å². The molecule has 5 amide bonds. The molecule has 0 aliphatic rings. The number of aliphatic hydroxyl groups is 1. The summed E-state index contributed by atoms with van der Waals surface area (Å²) >= 11 is 0. The van der Waals surface area contributed by atoms with Crippen molar-refractivity contribution in [3.8, 4) is 0 Å². The van der Waals surface area contributed by atoms with Gasteiger partial charge in [-0.25, -0.2) is 0 Å². The molecule has 158 valence electrons. The molecule has 0 aromatic carbocycles. The Balaban J connectivity index is 5.26. The van der Waals surface area contributed by atoms with Gasteiger partial charge in [0.05, 0.1) is 13.0 Å². The Kier molecular flexibility index (Phi) is 10.8. The summed E-state index contributed by atoms with van der Waals surface area (Å²) in [5.41, 5.74) is 15.4. The van der Waals surface area contributed by atoms with Crippen molar-refractivity contribution in [2.75, 3.05) is 13.2 Å². The Hall–Kier alpha value is -3.26. The Morgan fingerprint density at radius 1 is 0.857 bits per heavy atom. The van der Waals surface area contributed by atoms with Gasteiger partial charge in [0, 0.05) is 6.42 Å². The van der Waals surface area contributed by atoms with Crippen molar-refractivity contribution in [3.05, 3.63) is 0 Å². The maximum absolute atomic E-state index is 12.4. The zero-order valence-electron chi connectivity index (χ0n) is 14.8. The maximum atomic E-state index is 12.4. The van der Waals surface area contributed by atoms with E-state index in [0.717, 1.165) is 0 Å². The Labute approximate surface area is 159 Å². The first-order valence-electron chi connectivity index (χ1n) is 8.01. The fraction of sp³-hybridized carbons (Fsp3) is 0.571. The molecule has 14 heteroatoms. The van der Waals surface area contributed by atoms with E-state index in [-0.39, 0.29) is 12.8 Å². The number of carboxylic acid groups (broad SMARTS) is 1. The van der Waals surface area contributed by atoms with Gasteiger partial charge in [-0.1, -0.05) is 0 Å². The number of nitrogens with two attached hydrogens (primary N) is 3. The third kappa shape index (κ3) is 10.0. The summed E-state index contributed by atoms with van der Waals surface area (Å²) in [7, 11) is 0. The van der Waals surface area contributed by atoms with Crippen molar-refractivity contribution < 1.29 is 39.0 Å². The minimum atomic E-state index is -1.52. The highest BCUT2D eigenvalue weighted by Gasteiger charge is 2.29. The topological polar surface area (TPSA) is 257 Å². The first kappa shape index (κ1) is 24.7. The van der Waals surface area contributed by atoms with Crippen molar-refractivity contribution in [2.45, 2.75) is 37.4 Å². The number of nitrogens with one attached hydrogen (secondary N) is 3. The monoisotopic (exact) mass is 404 g/mol. The van der Waals surface area contributed by atoms with E-state index in [1.807, 2.05) is 5.32 Å². The predicted octanol–water partition coefficient (Wildman–Crippen LogP) is -5.38. The Bertz CT molecular complexity index is 625. The first-order valence-corrected chi connectivity index (χ1v) is 8.01. The number of amides is 5. The molecule has 0 aliphatic carbocycles. The number of primary amides is 2. The summed E-state index contributed by atoms with van der Waals surface area (Å²) < 4.78 is 0. The number of carbonyl (C=O) groups is 6. The summed E-state index contributed by atoms with van der Waals surface area (Å²) in [5, 5.41) is 23.8. The summed E-state index contributed by atoms with van der Waals surface area (Å²) in [4.78, 5) is 68.8. The third-order valence-corrected chi connectivity index (χ3v) is 3.30. The maximum Gasteiger partial charge on any atom is 0.322 e. The fourth-order valence-corrected chi connectivity index (χ4v) is 1.89. The summed E-state index contributed by atoms with van der Waals surface area (Å²) in [5.74, 6) is -5.98. The molecule has 0 bridgehead atoms. The lowest BCUT2D eigenvalue weighted by atomic mass is 10.1. The lowest BCUT2D eigenvalue weighted by molar-refractivity contribution is -0.138. The van der Waals surface area contributed by atoms with Crippen LogP contribution in [0.5, 0.6) is 0 Å². The van der Waals surface area contributed by atoms with Crippen LogP contribution in [0, 0.1) is 0 Å². The summed E-state index contributed by atoms with van der Waals surface area (Å²) in [6, 6.07) is -4.24. The molecule has 0 aliphatic heterocycles. The highest BCUT2D eigenvalue weighted by atomic mass is 16.4. The number of rotatable bonds is 13. The molecule has 3 atom stereocenters. The van der Waals surface area contributed by atoms with Gasteiger partial charge in [-0.3, -0.25) is 28.8 Å². The molecular weight excluding hydrogens is 380 g/mol. The average molecular weight is 404 g/mol. The van der Waals surface area contributed by atoms with E-state index >= 15 is 0 Å². The average Bonchev–Trinajstić information content (AvgIpc) is 2.60. The largest absolute Gasteiger partial charge is 0.480 e. The number of hydrogen-bond acceptors (Lipinski definition) is 8. The highest BCUT2D eigenvalue weighted by molar-refractivity contribution is 5.95. The van der Waals surface area contributed by atoms with E-state index in [9.17, 15) is 28.8 Å². The SMILES string of the molecule is NC(=O)CCC(NC(=O)C(N)CO)C(=O)NC(CC(N)=O)C(=O)NCC(=O)O. The van der Waals surface area contributed by atoms with Crippen LogP contribution >= 0.6 is 0 Å². The van der Waals surface area contributed by atoms with Crippen molar-refractivity contribution in [3.63, 3.8) is 0 Å². The van der Waals surface area contributed by atoms with E-state index in [4.69, 9.17) is 27.4 Å². The lowest BCUT2D eigenvalue weighted by Crippen LogP contribution is -2.57. The molecule has 0 spiro atoms. The van der Waals surface area contributed by atoms with Gasteiger partial charge >= 0.3 is 5.97 Å². The van der Waals surface area contributed by atoms with E-state index in [2.05, 4.69) is 10.6 Å². The minimum Gasteiger partial charge on any atom is -0.480 e. The quantitative estimate of drug-likeness (QED) is 0.145. The standard InChI is InChI=1S/C14H24N6O8/c15-6(5-21)12(26)19-7(1-2-9(16)22)14(28)20-8(3-10(17)23)13(27)18-4-11(24)25/h6-8,21H,1-5,15H2,(H2,16,22)(H2,17,23)(H,18,27)(H,19,26)(H,20,28)(H,24,25). The van der Waals surface area contributed by atoms with Crippen LogP contribution in [-0.2, 0) is 28.8 Å². The van der Waals surface area contributed by atoms with Crippen LogP contribution in [-0.4, -0.2) is 77.0 Å². The molecule has 0 radical (unpaired) electrons. The molecule has 0 aromatic rings. The van der Waals surface area contributed by atoms with Crippen LogP contribution in [0.15, 0.2) is 0 Å². The second-order valence-electron chi connectivity index (χ2n) is 5.70. The van der Waals surface area contributed by atoms with Gasteiger partial charge in [0.2, 0.25) is 29.5 Å². The van der Waals surface area contributed by atoms with Crippen LogP contribution in [0.2, 0.25) is 0 Å². The second-order valence-corrected chi connectivity index (χ2v) is 5.70. The van der Waals surface area contributed by atoms with Gasteiger partial charge in [0.1, 0.15) is 24.7 Å². The molecule has 3 unspecified atom stereocenters. The summed E-state index contributed by atoms with van der Waals surface area (Å²) in [6.45, 7) is -1.48. The zero-order valence-corrected chi connectivity index (χ0v) is 14.8. The van der Waals surface area contributed by atoms with Crippen LogP contribution in [0.25, 0.3) is 0 Å².